The van der Waals surface area contributed by atoms with Gasteiger partial charge in [0, 0.05) is 12.5 Å². The summed E-state index contributed by atoms with van der Waals surface area (Å²) in [6.07, 6.45) is 2.83. The third kappa shape index (κ3) is 5.84. The monoisotopic (exact) mass is 319 g/mol. The summed E-state index contributed by atoms with van der Waals surface area (Å²) in [5.41, 5.74) is 3.54. The molecule has 0 unspecified atom stereocenters. The Bertz CT molecular complexity index is 480. The second-order valence-electron chi connectivity index (χ2n) is 6.73. The van der Waals surface area contributed by atoms with Gasteiger partial charge in [-0.05, 0) is 56.0 Å². The van der Waals surface area contributed by atoms with E-state index in [0.29, 0.717) is 5.92 Å². The summed E-state index contributed by atoms with van der Waals surface area (Å²) in [4.78, 5) is 13.9. The van der Waals surface area contributed by atoms with Crippen LogP contribution in [0.1, 0.15) is 38.7 Å². The summed E-state index contributed by atoms with van der Waals surface area (Å²) < 4.78 is 5.74. The Balaban J connectivity index is 1.75. The zero-order chi connectivity index (χ0) is 16.7. The van der Waals surface area contributed by atoms with E-state index < -0.39 is 0 Å². The van der Waals surface area contributed by atoms with Crippen molar-refractivity contribution in [1.29, 1.82) is 0 Å². The molecule has 5 nitrogen and oxygen atoms in total. The van der Waals surface area contributed by atoms with E-state index in [0.717, 1.165) is 51.3 Å². The van der Waals surface area contributed by atoms with E-state index in [1.165, 1.54) is 5.56 Å². The van der Waals surface area contributed by atoms with Crippen LogP contribution in [0.5, 0.6) is 5.75 Å². The zero-order valence-corrected chi connectivity index (χ0v) is 14.3. The number of nitrogens with zero attached hydrogens (tertiary/aromatic N) is 1. The summed E-state index contributed by atoms with van der Waals surface area (Å²) >= 11 is 0. The van der Waals surface area contributed by atoms with E-state index in [1.807, 2.05) is 12.1 Å². The maximum absolute atomic E-state index is 11.5. The average molecular weight is 319 g/mol. The Hall–Kier alpha value is -1.59. The first-order valence-corrected chi connectivity index (χ1v) is 8.53. The standard InChI is InChI=1S/C18H29N3O2/c1-14(2)9-12-23-17-5-3-15(4-6-17)13-21-10-7-16(8-11-21)18(22)20-19/h3-6,14,16H,7-13,19H2,1-2H3,(H,20,22). The minimum Gasteiger partial charge on any atom is -0.494 e. The van der Waals surface area contributed by atoms with Crippen molar-refractivity contribution in [3.05, 3.63) is 29.8 Å². The van der Waals surface area contributed by atoms with Gasteiger partial charge in [0.15, 0.2) is 0 Å². The van der Waals surface area contributed by atoms with Crippen molar-refractivity contribution in [3.8, 4) is 5.75 Å². The molecule has 1 amide bonds. The number of carbonyl (C=O) groups excluding carboxylic acids is 1. The number of ether oxygens (including phenoxy) is 1. The van der Waals surface area contributed by atoms with Crippen LogP contribution in [0.3, 0.4) is 0 Å². The fourth-order valence-electron chi connectivity index (χ4n) is 2.83. The lowest BCUT2D eigenvalue weighted by Crippen LogP contribution is -2.42. The number of nitrogens with one attached hydrogen (secondary N) is 1. The van der Waals surface area contributed by atoms with E-state index in [9.17, 15) is 4.79 Å². The van der Waals surface area contributed by atoms with Gasteiger partial charge in [0.2, 0.25) is 5.91 Å². The highest BCUT2D eigenvalue weighted by Crippen LogP contribution is 2.20. The Kier molecular flexibility index (Phi) is 6.86. The molecule has 1 aliphatic rings. The van der Waals surface area contributed by atoms with Crippen LogP contribution in [0.2, 0.25) is 0 Å². The normalized spacial score (nSPS) is 16.5. The van der Waals surface area contributed by atoms with E-state index in [-0.39, 0.29) is 11.8 Å². The first-order valence-electron chi connectivity index (χ1n) is 8.53. The lowest BCUT2D eigenvalue weighted by atomic mass is 9.96. The van der Waals surface area contributed by atoms with Gasteiger partial charge in [-0.3, -0.25) is 15.1 Å². The Morgan fingerprint density at radius 3 is 2.52 bits per heavy atom. The van der Waals surface area contributed by atoms with Gasteiger partial charge < -0.3 is 4.74 Å². The van der Waals surface area contributed by atoms with Crippen molar-refractivity contribution >= 4 is 5.91 Å². The Labute approximate surface area is 139 Å². The number of hydrogen-bond donors (Lipinski definition) is 2. The van der Waals surface area contributed by atoms with Gasteiger partial charge in [0.1, 0.15) is 5.75 Å². The highest BCUT2D eigenvalue weighted by Gasteiger charge is 2.24. The SMILES string of the molecule is CC(C)CCOc1ccc(CN2CCC(C(=O)NN)CC2)cc1. The smallest absolute Gasteiger partial charge is 0.237 e. The number of carbonyl (C=O) groups is 1. The fourth-order valence-corrected chi connectivity index (χ4v) is 2.83. The van der Waals surface area contributed by atoms with Gasteiger partial charge in [-0.25, -0.2) is 5.84 Å². The fraction of sp³-hybridized carbons (Fsp3) is 0.611. The molecule has 0 aliphatic carbocycles. The quantitative estimate of drug-likeness (QED) is 0.460. The molecule has 1 aromatic carbocycles. The molecule has 0 bridgehead atoms. The maximum Gasteiger partial charge on any atom is 0.237 e. The molecule has 1 aliphatic heterocycles. The van der Waals surface area contributed by atoms with E-state index >= 15 is 0 Å². The molecule has 2 rings (SSSR count). The maximum atomic E-state index is 11.5. The van der Waals surface area contributed by atoms with Crippen LogP contribution < -0.4 is 16.0 Å². The Morgan fingerprint density at radius 2 is 1.96 bits per heavy atom. The third-order valence-electron chi connectivity index (χ3n) is 4.39. The highest BCUT2D eigenvalue weighted by molar-refractivity contribution is 5.78. The third-order valence-corrected chi connectivity index (χ3v) is 4.39. The van der Waals surface area contributed by atoms with Crippen molar-refractivity contribution in [2.75, 3.05) is 19.7 Å². The van der Waals surface area contributed by atoms with Gasteiger partial charge in [-0.2, -0.15) is 0 Å². The number of nitrogens with two attached hydrogens (primary N) is 1. The summed E-state index contributed by atoms with van der Waals surface area (Å²) in [7, 11) is 0. The number of piperidine rings is 1. The second-order valence-corrected chi connectivity index (χ2v) is 6.73. The first kappa shape index (κ1) is 17.8. The van der Waals surface area contributed by atoms with E-state index in [4.69, 9.17) is 10.6 Å². The minimum atomic E-state index is -0.0347. The molecule has 1 heterocycles. The van der Waals surface area contributed by atoms with Crippen molar-refractivity contribution in [2.24, 2.45) is 17.7 Å². The van der Waals surface area contributed by atoms with Gasteiger partial charge in [-0.15, -0.1) is 0 Å². The summed E-state index contributed by atoms with van der Waals surface area (Å²) in [6.45, 7) is 7.96. The molecular formula is C18H29N3O2. The number of likely N-dealkylation sites (tertiary alicyclic amines) is 1. The van der Waals surface area contributed by atoms with Crippen molar-refractivity contribution in [1.82, 2.24) is 10.3 Å². The van der Waals surface area contributed by atoms with Crippen LogP contribution in [0.25, 0.3) is 0 Å². The van der Waals surface area contributed by atoms with E-state index in [2.05, 4.69) is 36.3 Å². The largest absolute Gasteiger partial charge is 0.494 e. The molecule has 0 atom stereocenters. The lowest BCUT2D eigenvalue weighted by Gasteiger charge is -2.30. The lowest BCUT2D eigenvalue weighted by molar-refractivity contribution is -0.126. The van der Waals surface area contributed by atoms with Crippen LogP contribution in [0, 0.1) is 11.8 Å². The number of rotatable bonds is 7. The topological polar surface area (TPSA) is 67.6 Å². The van der Waals surface area contributed by atoms with Crippen molar-refractivity contribution in [3.63, 3.8) is 0 Å². The molecule has 1 aromatic rings. The molecule has 0 saturated carbocycles. The number of hydrazine groups is 1. The van der Waals surface area contributed by atoms with Crippen LogP contribution in [-0.2, 0) is 11.3 Å². The van der Waals surface area contributed by atoms with Gasteiger partial charge >= 0.3 is 0 Å². The van der Waals surface area contributed by atoms with Crippen molar-refractivity contribution < 1.29 is 9.53 Å². The molecule has 3 N–H and O–H groups in total. The summed E-state index contributed by atoms with van der Waals surface area (Å²) in [6, 6.07) is 8.35. The minimum absolute atomic E-state index is 0.0347. The molecule has 0 aromatic heterocycles. The zero-order valence-electron chi connectivity index (χ0n) is 14.3. The number of benzene rings is 1. The first-order chi connectivity index (χ1) is 11.1. The predicted molar refractivity (Wildman–Crippen MR) is 91.7 cm³/mol. The van der Waals surface area contributed by atoms with Crippen LogP contribution in [0.4, 0.5) is 0 Å². The van der Waals surface area contributed by atoms with Crippen LogP contribution in [0.15, 0.2) is 24.3 Å². The van der Waals surface area contributed by atoms with Gasteiger partial charge in [-0.1, -0.05) is 26.0 Å². The molecule has 1 fully saturated rings. The van der Waals surface area contributed by atoms with E-state index in [1.54, 1.807) is 0 Å². The molecule has 0 spiro atoms. The number of amides is 1. The predicted octanol–water partition coefficient (Wildman–Crippen LogP) is 2.31. The van der Waals surface area contributed by atoms with Crippen molar-refractivity contribution in [2.45, 2.75) is 39.7 Å². The Morgan fingerprint density at radius 1 is 1.30 bits per heavy atom. The highest BCUT2D eigenvalue weighted by atomic mass is 16.5. The van der Waals surface area contributed by atoms with Crippen LogP contribution >= 0.6 is 0 Å². The molecular weight excluding hydrogens is 290 g/mol. The summed E-state index contributed by atoms with van der Waals surface area (Å²) in [5, 5.41) is 0. The molecule has 0 radical (unpaired) electrons. The van der Waals surface area contributed by atoms with Gasteiger partial charge in [0.25, 0.3) is 0 Å². The second kappa shape index (κ2) is 8.89. The molecule has 5 heteroatoms. The average Bonchev–Trinajstić information content (AvgIpc) is 2.56. The van der Waals surface area contributed by atoms with Crippen LogP contribution in [-0.4, -0.2) is 30.5 Å². The molecule has 128 valence electrons. The van der Waals surface area contributed by atoms with Gasteiger partial charge in [0.05, 0.1) is 6.61 Å². The molecule has 1 saturated heterocycles. The number of hydrogen-bond acceptors (Lipinski definition) is 4. The summed E-state index contributed by atoms with van der Waals surface area (Å²) in [5.74, 6) is 6.83. The molecule has 23 heavy (non-hydrogen) atoms.